The first-order chi connectivity index (χ1) is 4.88. The number of benzene rings is 1. The van der Waals surface area contributed by atoms with Crippen LogP contribution in [0.25, 0.3) is 0 Å². The van der Waals surface area contributed by atoms with Crippen LogP contribution in [0.3, 0.4) is 0 Å². The Morgan fingerprint density at radius 1 is 1.20 bits per heavy atom. The summed E-state index contributed by atoms with van der Waals surface area (Å²) in [5.74, 6) is 1.45. The van der Waals surface area contributed by atoms with E-state index in [9.17, 15) is 0 Å². The summed E-state index contributed by atoms with van der Waals surface area (Å²) in [5, 5.41) is 0. The van der Waals surface area contributed by atoms with Crippen LogP contribution in [0.15, 0.2) is 30.3 Å². The van der Waals surface area contributed by atoms with Crippen molar-refractivity contribution in [3.63, 3.8) is 0 Å². The first-order valence-corrected chi connectivity index (χ1v) is 3.76. The van der Waals surface area contributed by atoms with Gasteiger partial charge >= 0.3 is 0 Å². The van der Waals surface area contributed by atoms with Gasteiger partial charge in [-0.25, -0.2) is 0 Å². The SMILES string of the molecule is [CH2][C@@H]1C[C@H]1c1ccccc1. The molecule has 0 unspecified atom stereocenters. The molecule has 1 aliphatic carbocycles. The average Bonchev–Trinajstić information content (AvgIpc) is 2.69. The Kier molecular flexibility index (Phi) is 1.26. The van der Waals surface area contributed by atoms with Gasteiger partial charge in [0.15, 0.2) is 0 Å². The Bertz CT molecular complexity index is 213. The molecule has 1 aromatic carbocycles. The van der Waals surface area contributed by atoms with Crippen molar-refractivity contribution in [2.75, 3.05) is 0 Å². The lowest BCUT2D eigenvalue weighted by atomic mass is 10.1. The topological polar surface area (TPSA) is 0 Å². The van der Waals surface area contributed by atoms with Gasteiger partial charge in [0.05, 0.1) is 0 Å². The summed E-state index contributed by atoms with van der Waals surface area (Å²) >= 11 is 0. The molecule has 0 N–H and O–H groups in total. The fourth-order valence-corrected chi connectivity index (χ4v) is 1.36. The summed E-state index contributed by atoms with van der Waals surface area (Å²) in [6.45, 7) is 4.01. The molecule has 0 heteroatoms. The van der Waals surface area contributed by atoms with Crippen molar-refractivity contribution in [1.29, 1.82) is 0 Å². The van der Waals surface area contributed by atoms with Crippen LogP contribution in [0.2, 0.25) is 0 Å². The van der Waals surface area contributed by atoms with E-state index in [1.807, 2.05) is 0 Å². The van der Waals surface area contributed by atoms with Gasteiger partial charge in [-0.1, -0.05) is 30.3 Å². The van der Waals surface area contributed by atoms with Crippen molar-refractivity contribution < 1.29 is 0 Å². The van der Waals surface area contributed by atoms with Crippen molar-refractivity contribution >= 4 is 0 Å². The van der Waals surface area contributed by atoms with E-state index in [4.69, 9.17) is 0 Å². The van der Waals surface area contributed by atoms with E-state index in [0.29, 0.717) is 5.92 Å². The minimum Gasteiger partial charge on any atom is -0.0622 e. The maximum absolute atomic E-state index is 4.01. The second kappa shape index (κ2) is 2.12. The van der Waals surface area contributed by atoms with E-state index in [1.165, 1.54) is 12.0 Å². The highest BCUT2D eigenvalue weighted by atomic mass is 14.4. The Morgan fingerprint density at radius 3 is 2.30 bits per heavy atom. The molecule has 51 valence electrons. The average molecular weight is 131 g/mol. The van der Waals surface area contributed by atoms with Crippen LogP contribution in [-0.2, 0) is 0 Å². The maximum Gasteiger partial charge on any atom is -0.0131 e. The molecule has 1 fully saturated rings. The smallest absolute Gasteiger partial charge is 0.0131 e. The van der Waals surface area contributed by atoms with Gasteiger partial charge in [-0.2, -0.15) is 0 Å². The molecule has 1 aromatic rings. The molecule has 1 aliphatic rings. The van der Waals surface area contributed by atoms with Crippen molar-refractivity contribution in [3.8, 4) is 0 Å². The lowest BCUT2D eigenvalue weighted by molar-refractivity contribution is 1.01. The molecule has 1 saturated carbocycles. The van der Waals surface area contributed by atoms with E-state index in [2.05, 4.69) is 37.3 Å². The summed E-state index contributed by atoms with van der Waals surface area (Å²) in [5.41, 5.74) is 1.46. The van der Waals surface area contributed by atoms with Gasteiger partial charge in [0, 0.05) is 0 Å². The molecule has 0 nitrogen and oxygen atoms in total. The Hall–Kier alpha value is -0.780. The summed E-state index contributed by atoms with van der Waals surface area (Å²) < 4.78 is 0. The highest BCUT2D eigenvalue weighted by Gasteiger charge is 2.33. The van der Waals surface area contributed by atoms with E-state index in [1.54, 1.807) is 0 Å². The van der Waals surface area contributed by atoms with E-state index in [0.717, 1.165) is 5.92 Å². The maximum atomic E-state index is 4.01. The van der Waals surface area contributed by atoms with E-state index >= 15 is 0 Å². The number of hydrogen-bond donors (Lipinski definition) is 0. The quantitative estimate of drug-likeness (QED) is 0.549. The largest absolute Gasteiger partial charge is 0.0622 e. The third-order valence-corrected chi connectivity index (χ3v) is 2.15. The van der Waals surface area contributed by atoms with Crippen LogP contribution in [-0.4, -0.2) is 0 Å². The summed E-state index contributed by atoms with van der Waals surface area (Å²) in [6, 6.07) is 10.6. The van der Waals surface area contributed by atoms with Gasteiger partial charge in [0.1, 0.15) is 0 Å². The molecule has 10 heavy (non-hydrogen) atoms. The highest BCUT2D eigenvalue weighted by Crippen LogP contribution is 2.46. The minimum absolute atomic E-state index is 0.683. The second-order valence-corrected chi connectivity index (χ2v) is 3.01. The van der Waals surface area contributed by atoms with Gasteiger partial charge in [-0.3, -0.25) is 0 Å². The molecule has 0 saturated heterocycles. The predicted octanol–water partition coefficient (Wildman–Crippen LogP) is 2.62. The van der Waals surface area contributed by atoms with Crippen LogP contribution in [0.5, 0.6) is 0 Å². The van der Waals surface area contributed by atoms with Crippen molar-refractivity contribution in [1.82, 2.24) is 0 Å². The third-order valence-electron chi connectivity index (χ3n) is 2.15. The predicted molar refractivity (Wildman–Crippen MR) is 42.6 cm³/mol. The van der Waals surface area contributed by atoms with Crippen LogP contribution >= 0.6 is 0 Å². The molecule has 0 amide bonds. The zero-order valence-electron chi connectivity index (χ0n) is 5.96. The highest BCUT2D eigenvalue weighted by molar-refractivity contribution is 5.25. The summed E-state index contributed by atoms with van der Waals surface area (Å²) in [7, 11) is 0. The zero-order valence-corrected chi connectivity index (χ0v) is 5.96. The Balaban J connectivity index is 2.20. The lowest BCUT2D eigenvalue weighted by Crippen LogP contribution is -1.77. The molecule has 2 rings (SSSR count). The van der Waals surface area contributed by atoms with Crippen molar-refractivity contribution in [2.24, 2.45) is 5.92 Å². The Morgan fingerprint density at radius 2 is 1.80 bits per heavy atom. The lowest BCUT2D eigenvalue weighted by Gasteiger charge is -1.94. The Labute approximate surface area is 61.9 Å². The number of hydrogen-bond acceptors (Lipinski definition) is 0. The standard InChI is InChI=1S/C10H11/c1-8-7-10(8)9-5-3-2-4-6-9/h2-6,8,10H,1,7H2/t8-,10-/m1/s1. The molecule has 0 bridgehead atoms. The number of rotatable bonds is 1. The molecular weight excluding hydrogens is 120 g/mol. The third kappa shape index (κ3) is 0.942. The molecule has 0 aliphatic heterocycles. The minimum atomic E-state index is 0.683. The van der Waals surface area contributed by atoms with Crippen molar-refractivity contribution in [3.05, 3.63) is 42.8 Å². The van der Waals surface area contributed by atoms with Crippen LogP contribution in [0.1, 0.15) is 17.9 Å². The van der Waals surface area contributed by atoms with E-state index < -0.39 is 0 Å². The molecule has 2 atom stereocenters. The van der Waals surface area contributed by atoms with Gasteiger partial charge < -0.3 is 0 Å². The van der Waals surface area contributed by atoms with Gasteiger partial charge in [-0.05, 0) is 30.7 Å². The van der Waals surface area contributed by atoms with Crippen molar-refractivity contribution in [2.45, 2.75) is 12.3 Å². The summed E-state index contributed by atoms with van der Waals surface area (Å²) in [4.78, 5) is 0. The molecule has 0 aromatic heterocycles. The van der Waals surface area contributed by atoms with Gasteiger partial charge in [0.2, 0.25) is 0 Å². The van der Waals surface area contributed by atoms with E-state index in [-0.39, 0.29) is 0 Å². The first-order valence-electron chi connectivity index (χ1n) is 3.76. The fourth-order valence-electron chi connectivity index (χ4n) is 1.36. The molecular formula is C10H11. The van der Waals surface area contributed by atoms with Crippen LogP contribution in [0, 0.1) is 12.8 Å². The molecule has 0 heterocycles. The monoisotopic (exact) mass is 131 g/mol. The van der Waals surface area contributed by atoms with Crippen LogP contribution < -0.4 is 0 Å². The molecule has 1 radical (unpaired) electrons. The zero-order chi connectivity index (χ0) is 6.97. The summed E-state index contributed by atoms with van der Waals surface area (Å²) in [6.07, 6.45) is 1.28. The normalized spacial score (nSPS) is 30.1. The second-order valence-electron chi connectivity index (χ2n) is 3.01. The van der Waals surface area contributed by atoms with Gasteiger partial charge in [0.25, 0.3) is 0 Å². The van der Waals surface area contributed by atoms with Gasteiger partial charge in [-0.15, -0.1) is 0 Å². The van der Waals surface area contributed by atoms with Crippen LogP contribution in [0.4, 0.5) is 0 Å². The molecule has 0 spiro atoms. The fraction of sp³-hybridized carbons (Fsp3) is 0.300. The first kappa shape index (κ1) is 5.96.